The molecule has 1 aliphatic carbocycles. The Morgan fingerprint density at radius 3 is 1.04 bits per heavy atom. The molecule has 4 aromatic rings. The topological polar surface area (TPSA) is 161 Å². The zero-order valence-electron chi connectivity index (χ0n) is 45.7. The van der Waals surface area contributed by atoms with Crippen LogP contribution >= 0.6 is 31.9 Å². The average Bonchev–Trinajstić information content (AvgIpc) is 3.36. The van der Waals surface area contributed by atoms with Gasteiger partial charge >= 0.3 is 23.9 Å². The van der Waals surface area contributed by atoms with Crippen molar-refractivity contribution in [2.45, 2.75) is 136 Å². The maximum Gasteiger partial charge on any atom is 0.324 e. The molecule has 5 rings (SSSR count). The van der Waals surface area contributed by atoms with Crippen LogP contribution in [0.4, 0.5) is 0 Å². The van der Waals surface area contributed by atoms with Gasteiger partial charge in [0.2, 0.25) is 0 Å². The lowest BCUT2D eigenvalue weighted by Gasteiger charge is -2.48. The number of methoxy groups -OCH3 is 4. The fourth-order valence-electron chi connectivity index (χ4n) is 6.52. The molecule has 14 nitrogen and oxygen atoms in total. The lowest BCUT2D eigenvalue weighted by molar-refractivity contribution is -0.189. The van der Waals surface area contributed by atoms with Crippen LogP contribution < -0.4 is 18.9 Å². The summed E-state index contributed by atoms with van der Waals surface area (Å²) in [4.78, 5) is 49.9. The van der Waals surface area contributed by atoms with E-state index in [-0.39, 0.29) is 50.4 Å². The second-order valence-corrected chi connectivity index (χ2v) is 31.6. The molecule has 0 radical (unpaired) electrons. The highest BCUT2D eigenvalue weighted by atomic mass is 79.9. The van der Waals surface area contributed by atoms with Crippen molar-refractivity contribution in [3.8, 4) is 23.0 Å². The van der Waals surface area contributed by atoms with Gasteiger partial charge < -0.3 is 46.7 Å². The molecule has 0 atom stereocenters. The Balaban J connectivity index is 0.000000328. The van der Waals surface area contributed by atoms with Crippen molar-refractivity contribution in [2.75, 3.05) is 39.1 Å². The van der Waals surface area contributed by atoms with Crippen LogP contribution in [0.5, 0.6) is 23.0 Å². The molecule has 74 heavy (non-hydrogen) atoms. The van der Waals surface area contributed by atoms with Crippen LogP contribution in [-0.4, -0.2) is 91.8 Å². The Morgan fingerprint density at radius 1 is 0.500 bits per heavy atom. The van der Waals surface area contributed by atoms with E-state index in [4.69, 9.17) is 46.7 Å². The van der Waals surface area contributed by atoms with Crippen molar-refractivity contribution < 1.29 is 65.9 Å². The first-order chi connectivity index (χ1) is 34.7. The number of carbonyl (C=O) groups is 4. The van der Waals surface area contributed by atoms with Crippen LogP contribution in [0.15, 0.2) is 97.1 Å². The number of benzene rings is 4. The maximum atomic E-state index is 13.3. The first kappa shape index (κ1) is 63.6. The Bertz CT molecular complexity index is 2210. The SMILES string of the molecule is CC(C)(C)[Si](C)(C)OC(CBr)CBr.COc1ccc(COC(=O)C2(C(=O)OCc3ccc(OC)cc3)CC(O[Si](C)(C)C(C)(C)C)C2)cc1.COc1ccc(COC(=O)CC(=O)OCc2ccc(OC)cc2)cc1. The third-order valence-corrected chi connectivity index (χ3v) is 23.8. The predicted octanol–water partition coefficient (Wildman–Crippen LogP) is 12.7. The van der Waals surface area contributed by atoms with Gasteiger partial charge in [0.15, 0.2) is 22.0 Å². The van der Waals surface area contributed by atoms with Crippen LogP contribution in [-0.2, 0) is 73.4 Å². The Kier molecular flexibility index (Phi) is 25.4. The minimum atomic E-state index is -2.06. The van der Waals surface area contributed by atoms with Crippen LogP contribution in [0.2, 0.25) is 36.3 Å². The van der Waals surface area contributed by atoms with Gasteiger partial charge in [0.25, 0.3) is 0 Å². The molecule has 0 aliphatic heterocycles. The van der Waals surface area contributed by atoms with Crippen molar-refractivity contribution >= 4 is 72.4 Å². The zero-order valence-corrected chi connectivity index (χ0v) is 50.9. The number of alkyl halides is 2. The van der Waals surface area contributed by atoms with E-state index < -0.39 is 52.3 Å². The molecule has 1 saturated carbocycles. The molecule has 0 aromatic heterocycles. The molecule has 0 spiro atoms. The molecule has 0 amide bonds. The number of hydrogen-bond donors (Lipinski definition) is 0. The van der Waals surface area contributed by atoms with E-state index in [0.29, 0.717) is 22.6 Å². The summed E-state index contributed by atoms with van der Waals surface area (Å²) >= 11 is 6.93. The second-order valence-electron chi connectivity index (χ2n) is 20.8. The van der Waals surface area contributed by atoms with E-state index in [9.17, 15) is 19.2 Å². The lowest BCUT2D eigenvalue weighted by Crippen LogP contribution is -2.58. The van der Waals surface area contributed by atoms with Crippen LogP contribution in [0.1, 0.15) is 83.1 Å². The van der Waals surface area contributed by atoms with E-state index >= 15 is 0 Å². The summed E-state index contributed by atoms with van der Waals surface area (Å²) in [6.45, 7) is 22.5. The monoisotopic (exact) mass is 1190 g/mol. The molecule has 0 heterocycles. The lowest BCUT2D eigenvalue weighted by atomic mass is 9.66. The third kappa shape index (κ3) is 20.1. The fraction of sp³-hybridized carbons (Fsp3) is 0.500. The van der Waals surface area contributed by atoms with Crippen LogP contribution in [0, 0.1) is 5.41 Å². The van der Waals surface area contributed by atoms with Gasteiger partial charge in [0.1, 0.15) is 55.8 Å². The molecule has 0 unspecified atom stereocenters. The standard InChI is InChI=1S/C28H38O7Si.C19H20O6.C9H20Br2OSi/c1-27(2,3)36(6,7)35-24-16-28(17-24,25(29)33-18-20-8-12-22(31-4)13-9-20)26(30)34-19-21-10-14-23(32-5)15-11-21;1-22-16-7-3-14(4-8-16)12-24-18(20)11-19(21)25-13-15-5-9-17(23-2)10-6-15;1-9(2,3)13(4,5)12-8(6-10)7-11/h8-15,24H,16-19H2,1-7H3;3-10H,11-13H2,1-2H3;8H,6-7H2,1-5H3. The zero-order chi connectivity index (χ0) is 55.3. The molecule has 408 valence electrons. The van der Waals surface area contributed by atoms with Gasteiger partial charge in [-0.05, 0) is 120 Å². The molecule has 1 fully saturated rings. The smallest absolute Gasteiger partial charge is 0.324 e. The molecule has 0 saturated heterocycles. The van der Waals surface area contributed by atoms with Crippen LogP contribution in [0.3, 0.4) is 0 Å². The first-order valence-corrected chi connectivity index (χ1v) is 32.5. The van der Waals surface area contributed by atoms with Gasteiger partial charge in [-0.2, -0.15) is 0 Å². The van der Waals surface area contributed by atoms with E-state index in [1.165, 1.54) is 0 Å². The van der Waals surface area contributed by atoms with Crippen molar-refractivity contribution in [1.82, 2.24) is 0 Å². The summed E-state index contributed by atoms with van der Waals surface area (Å²) in [5.74, 6) is 0.461. The van der Waals surface area contributed by atoms with E-state index in [1.54, 1.807) is 101 Å². The highest BCUT2D eigenvalue weighted by Crippen LogP contribution is 2.49. The summed E-state index contributed by atoms with van der Waals surface area (Å²) in [6.07, 6.45) is 0.200. The molecule has 4 aromatic carbocycles. The van der Waals surface area contributed by atoms with Gasteiger partial charge in [-0.15, -0.1) is 0 Å². The molecule has 1 aliphatic rings. The molecular formula is C56H78Br2O14Si2. The first-order valence-electron chi connectivity index (χ1n) is 24.4. The summed E-state index contributed by atoms with van der Waals surface area (Å²) in [7, 11) is 2.71. The van der Waals surface area contributed by atoms with E-state index in [2.05, 4.69) is 99.6 Å². The number of halogens is 2. The third-order valence-electron chi connectivity index (χ3n) is 13.3. The summed E-state index contributed by atoms with van der Waals surface area (Å²) in [6, 6.07) is 28.7. The fourth-order valence-corrected chi connectivity index (χ4v) is 11.0. The second kappa shape index (κ2) is 29.5. The number of hydrogen-bond acceptors (Lipinski definition) is 14. The highest BCUT2D eigenvalue weighted by molar-refractivity contribution is 9.09. The van der Waals surface area contributed by atoms with Gasteiger partial charge in [-0.1, -0.05) is 122 Å². The van der Waals surface area contributed by atoms with E-state index in [1.807, 2.05) is 24.3 Å². The maximum absolute atomic E-state index is 13.3. The minimum absolute atomic E-state index is 0.0228. The molecule has 18 heteroatoms. The Labute approximate surface area is 458 Å². The van der Waals surface area contributed by atoms with E-state index in [0.717, 1.165) is 44.4 Å². The Hall–Kier alpha value is -4.73. The number of esters is 4. The molecular weight excluding hydrogens is 1110 g/mol. The highest BCUT2D eigenvalue weighted by Gasteiger charge is 2.60. The largest absolute Gasteiger partial charge is 0.497 e. The van der Waals surface area contributed by atoms with Gasteiger partial charge in [-0.25, -0.2) is 0 Å². The number of rotatable bonds is 22. The predicted molar refractivity (Wildman–Crippen MR) is 299 cm³/mol. The summed E-state index contributed by atoms with van der Waals surface area (Å²) < 4.78 is 54.4. The van der Waals surface area contributed by atoms with Crippen LogP contribution in [0.25, 0.3) is 0 Å². The molecule has 0 bridgehead atoms. The van der Waals surface area contributed by atoms with Gasteiger partial charge in [-0.3, -0.25) is 19.2 Å². The minimum Gasteiger partial charge on any atom is -0.497 e. The van der Waals surface area contributed by atoms with Crippen molar-refractivity contribution in [3.05, 3.63) is 119 Å². The number of ether oxygens (including phenoxy) is 8. The summed E-state index contributed by atoms with van der Waals surface area (Å²) in [5, 5.41) is 2.14. The Morgan fingerprint density at radius 2 is 0.784 bits per heavy atom. The molecule has 0 N–H and O–H groups in total. The van der Waals surface area contributed by atoms with Gasteiger partial charge in [0.05, 0.1) is 34.5 Å². The normalized spacial score (nSPS) is 13.4. The van der Waals surface area contributed by atoms with Gasteiger partial charge in [0, 0.05) is 16.8 Å². The van der Waals surface area contributed by atoms with Crippen molar-refractivity contribution in [1.29, 1.82) is 0 Å². The summed E-state index contributed by atoms with van der Waals surface area (Å²) in [5.41, 5.74) is 1.85. The quantitative estimate of drug-likeness (QED) is 0.0240. The number of carbonyl (C=O) groups excluding carboxylic acids is 4. The van der Waals surface area contributed by atoms with Crippen molar-refractivity contribution in [2.24, 2.45) is 5.41 Å². The van der Waals surface area contributed by atoms with Crippen molar-refractivity contribution in [3.63, 3.8) is 0 Å². The average molecular weight is 1190 g/mol.